The van der Waals surface area contributed by atoms with Gasteiger partial charge in [-0.3, -0.25) is 9.59 Å². The number of para-hydroxylation sites is 2. The zero-order valence-electron chi connectivity index (χ0n) is 20.4. The number of nitrogens with zero attached hydrogens (tertiary/aromatic N) is 6. The maximum absolute atomic E-state index is 13.6. The highest BCUT2D eigenvalue weighted by atomic mass is 16.2. The van der Waals surface area contributed by atoms with E-state index in [2.05, 4.69) is 27.2 Å². The molecule has 0 spiro atoms. The van der Waals surface area contributed by atoms with E-state index < -0.39 is 0 Å². The first-order valence-electron chi connectivity index (χ1n) is 12.1. The molecule has 2 aromatic heterocycles. The Hall–Kier alpha value is -3.94. The Labute approximate surface area is 204 Å². The van der Waals surface area contributed by atoms with Gasteiger partial charge in [-0.05, 0) is 36.6 Å². The first kappa shape index (κ1) is 22.8. The predicted molar refractivity (Wildman–Crippen MR) is 137 cm³/mol. The Bertz CT molecular complexity index is 1410. The van der Waals surface area contributed by atoms with Crippen LogP contribution in [0, 0.1) is 6.92 Å². The summed E-state index contributed by atoms with van der Waals surface area (Å²) in [5.41, 5.74) is 3.94. The normalized spacial score (nSPS) is 14.2. The van der Waals surface area contributed by atoms with Crippen molar-refractivity contribution in [2.75, 3.05) is 31.1 Å². The number of piperazine rings is 1. The molecule has 4 aromatic rings. The van der Waals surface area contributed by atoms with Crippen LogP contribution in [0.3, 0.4) is 0 Å². The third-order valence-electron chi connectivity index (χ3n) is 6.64. The van der Waals surface area contributed by atoms with Gasteiger partial charge in [-0.1, -0.05) is 50.2 Å². The van der Waals surface area contributed by atoms with Crippen molar-refractivity contribution in [2.45, 2.75) is 33.2 Å². The second kappa shape index (κ2) is 9.37. The third-order valence-corrected chi connectivity index (χ3v) is 6.64. The van der Waals surface area contributed by atoms with E-state index in [0.717, 1.165) is 41.1 Å². The molecule has 5 rings (SSSR count). The van der Waals surface area contributed by atoms with Gasteiger partial charge in [0.2, 0.25) is 5.91 Å². The molecule has 0 aliphatic carbocycles. The number of hydrogen-bond donors (Lipinski definition) is 0. The number of amides is 1. The molecule has 0 N–H and O–H groups in total. The van der Waals surface area contributed by atoms with Crippen LogP contribution in [0.2, 0.25) is 0 Å². The molecule has 3 heterocycles. The average molecular weight is 471 g/mol. The summed E-state index contributed by atoms with van der Waals surface area (Å²) in [6, 6.07) is 18.0. The molecule has 0 saturated carbocycles. The number of rotatable bonds is 5. The van der Waals surface area contributed by atoms with Crippen molar-refractivity contribution in [3.63, 3.8) is 0 Å². The number of carbonyl (C=O) groups excluding carboxylic acids is 1. The summed E-state index contributed by atoms with van der Waals surface area (Å²) >= 11 is 0. The Morgan fingerprint density at radius 1 is 0.971 bits per heavy atom. The molecule has 2 aromatic carbocycles. The zero-order chi connectivity index (χ0) is 24.5. The van der Waals surface area contributed by atoms with Gasteiger partial charge in [0.15, 0.2) is 0 Å². The first-order valence-corrected chi connectivity index (χ1v) is 12.1. The highest BCUT2D eigenvalue weighted by Crippen LogP contribution is 2.24. The lowest BCUT2D eigenvalue weighted by Crippen LogP contribution is -2.50. The Balaban J connectivity index is 1.44. The number of aryl methyl sites for hydroxylation is 1. The van der Waals surface area contributed by atoms with Gasteiger partial charge in [0.05, 0.1) is 17.6 Å². The SMILES string of the molecule is Cc1ccccc1-n1ncc2c(C(C)C)nn(CC(=O)N3CCN(c4ccccc4)CC3)c(=O)c21. The minimum Gasteiger partial charge on any atom is -0.368 e. The number of anilines is 1. The van der Waals surface area contributed by atoms with Crippen molar-refractivity contribution in [3.8, 4) is 5.69 Å². The minimum absolute atomic E-state index is 0.0726. The first-order chi connectivity index (χ1) is 16.9. The molecule has 0 atom stereocenters. The maximum Gasteiger partial charge on any atom is 0.293 e. The van der Waals surface area contributed by atoms with E-state index in [1.165, 1.54) is 4.68 Å². The van der Waals surface area contributed by atoms with Crippen LogP contribution in [0.5, 0.6) is 0 Å². The fourth-order valence-corrected chi connectivity index (χ4v) is 4.69. The third kappa shape index (κ3) is 4.32. The van der Waals surface area contributed by atoms with Gasteiger partial charge in [-0.15, -0.1) is 0 Å². The molecular formula is C27H30N6O2. The molecule has 1 amide bonds. The second-order valence-corrected chi connectivity index (χ2v) is 9.31. The Morgan fingerprint density at radius 3 is 2.34 bits per heavy atom. The number of benzene rings is 2. The second-order valence-electron chi connectivity index (χ2n) is 9.31. The van der Waals surface area contributed by atoms with Crippen molar-refractivity contribution in [2.24, 2.45) is 0 Å². The van der Waals surface area contributed by atoms with E-state index in [0.29, 0.717) is 18.6 Å². The van der Waals surface area contributed by atoms with E-state index in [4.69, 9.17) is 0 Å². The average Bonchev–Trinajstić information content (AvgIpc) is 3.31. The molecule has 0 radical (unpaired) electrons. The Morgan fingerprint density at radius 2 is 1.66 bits per heavy atom. The summed E-state index contributed by atoms with van der Waals surface area (Å²) in [4.78, 5) is 30.9. The molecule has 1 saturated heterocycles. The largest absolute Gasteiger partial charge is 0.368 e. The van der Waals surface area contributed by atoms with E-state index >= 15 is 0 Å². The van der Waals surface area contributed by atoms with Crippen molar-refractivity contribution >= 4 is 22.5 Å². The summed E-state index contributed by atoms with van der Waals surface area (Å²) < 4.78 is 3.00. The van der Waals surface area contributed by atoms with Crippen LogP contribution in [0.15, 0.2) is 65.6 Å². The monoisotopic (exact) mass is 470 g/mol. The van der Waals surface area contributed by atoms with Gasteiger partial charge in [-0.2, -0.15) is 10.2 Å². The highest BCUT2D eigenvalue weighted by molar-refractivity contribution is 5.83. The van der Waals surface area contributed by atoms with Crippen molar-refractivity contribution in [3.05, 3.63) is 82.4 Å². The molecule has 1 aliphatic heterocycles. The van der Waals surface area contributed by atoms with Crippen LogP contribution in [0.4, 0.5) is 5.69 Å². The fourth-order valence-electron chi connectivity index (χ4n) is 4.69. The molecule has 0 bridgehead atoms. The quantitative estimate of drug-likeness (QED) is 0.447. The lowest BCUT2D eigenvalue weighted by Gasteiger charge is -2.36. The van der Waals surface area contributed by atoms with E-state index in [1.807, 2.05) is 68.1 Å². The zero-order valence-corrected chi connectivity index (χ0v) is 20.4. The molecule has 180 valence electrons. The standard InChI is InChI=1S/C27H30N6O2/c1-19(2)25-22-17-28-33(23-12-8-7-9-20(23)3)26(22)27(35)32(29-25)18-24(34)31-15-13-30(14-16-31)21-10-5-4-6-11-21/h4-12,17,19H,13-16,18H2,1-3H3. The summed E-state index contributed by atoms with van der Waals surface area (Å²) in [5, 5.41) is 9.89. The van der Waals surface area contributed by atoms with Crippen LogP contribution < -0.4 is 10.5 Å². The van der Waals surface area contributed by atoms with Crippen molar-refractivity contribution in [1.82, 2.24) is 24.5 Å². The van der Waals surface area contributed by atoms with Gasteiger partial charge >= 0.3 is 0 Å². The number of carbonyl (C=O) groups is 1. The number of aromatic nitrogens is 4. The van der Waals surface area contributed by atoms with Crippen LogP contribution >= 0.6 is 0 Å². The van der Waals surface area contributed by atoms with Gasteiger partial charge in [0.25, 0.3) is 5.56 Å². The van der Waals surface area contributed by atoms with Gasteiger partial charge in [0.1, 0.15) is 12.1 Å². The lowest BCUT2D eigenvalue weighted by molar-refractivity contribution is -0.132. The molecule has 1 aliphatic rings. The Kier molecular flexibility index (Phi) is 6.11. The summed E-state index contributed by atoms with van der Waals surface area (Å²) in [5.74, 6) is -0.0216. The molecule has 0 unspecified atom stereocenters. The van der Waals surface area contributed by atoms with Crippen molar-refractivity contribution < 1.29 is 4.79 Å². The van der Waals surface area contributed by atoms with Gasteiger partial charge in [-0.25, -0.2) is 9.36 Å². The van der Waals surface area contributed by atoms with E-state index in [-0.39, 0.29) is 23.9 Å². The molecular weight excluding hydrogens is 440 g/mol. The number of fused-ring (bicyclic) bond motifs is 1. The number of hydrogen-bond acceptors (Lipinski definition) is 5. The molecule has 1 fully saturated rings. The maximum atomic E-state index is 13.6. The molecule has 35 heavy (non-hydrogen) atoms. The highest BCUT2D eigenvalue weighted by Gasteiger charge is 2.24. The van der Waals surface area contributed by atoms with Gasteiger partial charge < -0.3 is 9.80 Å². The van der Waals surface area contributed by atoms with Gasteiger partial charge in [0, 0.05) is 37.3 Å². The predicted octanol–water partition coefficient (Wildman–Crippen LogP) is 3.36. The minimum atomic E-state index is -0.304. The topological polar surface area (TPSA) is 76.3 Å². The van der Waals surface area contributed by atoms with Crippen LogP contribution in [0.25, 0.3) is 16.6 Å². The smallest absolute Gasteiger partial charge is 0.293 e. The molecule has 8 heteroatoms. The summed E-state index contributed by atoms with van der Waals surface area (Å²) in [7, 11) is 0. The fraction of sp³-hybridized carbons (Fsp3) is 0.333. The summed E-state index contributed by atoms with van der Waals surface area (Å²) in [6.07, 6.45) is 1.71. The van der Waals surface area contributed by atoms with Crippen molar-refractivity contribution in [1.29, 1.82) is 0 Å². The van der Waals surface area contributed by atoms with Crippen LogP contribution in [-0.2, 0) is 11.3 Å². The van der Waals surface area contributed by atoms with E-state index in [1.54, 1.807) is 10.9 Å². The van der Waals surface area contributed by atoms with E-state index in [9.17, 15) is 9.59 Å². The lowest BCUT2D eigenvalue weighted by atomic mass is 10.1. The molecule has 8 nitrogen and oxygen atoms in total. The summed E-state index contributed by atoms with van der Waals surface area (Å²) in [6.45, 7) is 8.72. The van der Waals surface area contributed by atoms with Crippen LogP contribution in [0.1, 0.15) is 31.0 Å². The van der Waals surface area contributed by atoms with Crippen LogP contribution in [-0.4, -0.2) is 56.5 Å².